The largest absolute Gasteiger partial charge is 0.349 e. The quantitative estimate of drug-likeness (QED) is 0.782. The molecule has 1 aromatic heterocycles. The van der Waals surface area contributed by atoms with Crippen LogP contribution in [-0.2, 0) is 11.2 Å². The van der Waals surface area contributed by atoms with Crippen molar-refractivity contribution in [2.45, 2.75) is 31.7 Å². The van der Waals surface area contributed by atoms with Crippen molar-refractivity contribution in [1.82, 2.24) is 5.32 Å². The molecule has 1 aliphatic carbocycles. The predicted molar refractivity (Wildman–Crippen MR) is 66.6 cm³/mol. The summed E-state index contributed by atoms with van der Waals surface area (Å²) in [6.45, 7) is 0. The normalized spacial score (nSPS) is 19.7. The lowest BCUT2D eigenvalue weighted by Gasteiger charge is -2.23. The first-order valence-electron chi connectivity index (χ1n) is 5.27. The zero-order valence-electron chi connectivity index (χ0n) is 8.53. The Hall–Kier alpha value is -0.480. The van der Waals surface area contributed by atoms with Crippen molar-refractivity contribution >= 4 is 29.9 Å². The molecule has 1 aliphatic rings. The van der Waals surface area contributed by atoms with E-state index in [-0.39, 0.29) is 11.9 Å². The molecule has 0 saturated carbocycles. The average Bonchev–Trinajstić information content (AvgIpc) is 2.67. The number of fused-ring (bicyclic) bond motifs is 1. The van der Waals surface area contributed by atoms with Crippen LogP contribution in [0.2, 0.25) is 0 Å². The third kappa shape index (κ3) is 2.55. The molecule has 1 N–H and O–H groups in total. The summed E-state index contributed by atoms with van der Waals surface area (Å²) in [4.78, 5) is 12.9. The van der Waals surface area contributed by atoms with Crippen LogP contribution in [0.5, 0.6) is 0 Å². The minimum absolute atomic E-state index is 0.119. The maximum absolute atomic E-state index is 11.5. The van der Waals surface area contributed by atoms with Gasteiger partial charge in [0.1, 0.15) is 0 Å². The number of carbonyl (C=O) groups excluding carboxylic acids is 1. The molecule has 2 rings (SSSR count). The van der Waals surface area contributed by atoms with E-state index in [4.69, 9.17) is 0 Å². The first-order chi connectivity index (χ1) is 7.31. The second kappa shape index (κ2) is 5.03. The molecule has 2 nitrogen and oxygen atoms in total. The van der Waals surface area contributed by atoms with E-state index >= 15 is 0 Å². The molecule has 15 heavy (non-hydrogen) atoms. The lowest BCUT2D eigenvalue weighted by atomic mass is 9.94. The van der Waals surface area contributed by atoms with E-state index in [0.717, 1.165) is 6.42 Å². The number of hydrogen-bond donors (Lipinski definition) is 2. The number of carbonyl (C=O) groups is 1. The Morgan fingerprint density at radius 3 is 3.33 bits per heavy atom. The van der Waals surface area contributed by atoms with Gasteiger partial charge in [0.15, 0.2) is 0 Å². The summed E-state index contributed by atoms with van der Waals surface area (Å²) in [6, 6.07) is 2.39. The van der Waals surface area contributed by atoms with Gasteiger partial charge in [-0.1, -0.05) is 0 Å². The summed E-state index contributed by atoms with van der Waals surface area (Å²) in [6.07, 6.45) is 3.94. The number of aryl methyl sites for hydroxylation is 1. The fraction of sp³-hybridized carbons (Fsp3) is 0.545. The fourth-order valence-corrected chi connectivity index (χ4v) is 3.19. The van der Waals surface area contributed by atoms with Gasteiger partial charge in [-0.2, -0.15) is 12.6 Å². The Kier molecular flexibility index (Phi) is 3.70. The van der Waals surface area contributed by atoms with Crippen LogP contribution in [0.1, 0.15) is 35.7 Å². The van der Waals surface area contributed by atoms with E-state index < -0.39 is 0 Å². The van der Waals surface area contributed by atoms with Gasteiger partial charge in [0.25, 0.3) is 0 Å². The highest BCUT2D eigenvalue weighted by atomic mass is 32.1. The molecule has 1 amide bonds. The van der Waals surface area contributed by atoms with Gasteiger partial charge >= 0.3 is 0 Å². The topological polar surface area (TPSA) is 29.1 Å². The van der Waals surface area contributed by atoms with E-state index in [2.05, 4.69) is 29.4 Å². The monoisotopic (exact) mass is 241 g/mol. The predicted octanol–water partition coefficient (Wildman–Crippen LogP) is 2.56. The van der Waals surface area contributed by atoms with Crippen molar-refractivity contribution in [2.75, 3.05) is 5.75 Å². The third-order valence-electron chi connectivity index (χ3n) is 2.73. The second-order valence-electron chi connectivity index (χ2n) is 3.79. The summed E-state index contributed by atoms with van der Waals surface area (Å²) in [5, 5.41) is 5.20. The Balaban J connectivity index is 2.03. The zero-order chi connectivity index (χ0) is 10.7. The molecule has 1 heterocycles. The molecule has 1 atom stereocenters. The average molecular weight is 241 g/mol. The molecule has 0 aromatic carbocycles. The molecule has 0 bridgehead atoms. The van der Waals surface area contributed by atoms with E-state index in [1.165, 1.54) is 23.3 Å². The van der Waals surface area contributed by atoms with Crippen LogP contribution in [0, 0.1) is 0 Å². The minimum atomic E-state index is 0.119. The number of thiol groups is 1. The van der Waals surface area contributed by atoms with Crippen molar-refractivity contribution in [2.24, 2.45) is 0 Å². The van der Waals surface area contributed by atoms with Crippen molar-refractivity contribution < 1.29 is 4.79 Å². The smallest absolute Gasteiger partial charge is 0.221 e. The van der Waals surface area contributed by atoms with Crippen molar-refractivity contribution in [3.8, 4) is 0 Å². The number of hydrogen-bond acceptors (Lipinski definition) is 3. The Morgan fingerprint density at radius 1 is 1.67 bits per heavy atom. The second-order valence-corrected chi connectivity index (χ2v) is 5.23. The number of thiophene rings is 1. The summed E-state index contributed by atoms with van der Waals surface area (Å²) in [5.74, 6) is 0.740. The lowest BCUT2D eigenvalue weighted by molar-refractivity contribution is -0.121. The van der Waals surface area contributed by atoms with Gasteiger partial charge in [-0.25, -0.2) is 0 Å². The molecule has 0 fully saturated rings. The first kappa shape index (κ1) is 11.0. The fourth-order valence-electron chi connectivity index (χ4n) is 2.00. The van der Waals surface area contributed by atoms with Crippen molar-refractivity contribution in [3.63, 3.8) is 0 Å². The third-order valence-corrected chi connectivity index (χ3v) is 3.95. The Morgan fingerprint density at radius 2 is 2.53 bits per heavy atom. The summed E-state index contributed by atoms with van der Waals surface area (Å²) >= 11 is 5.87. The van der Waals surface area contributed by atoms with E-state index in [0.29, 0.717) is 12.2 Å². The summed E-state index contributed by atoms with van der Waals surface area (Å²) < 4.78 is 0. The molecule has 0 aliphatic heterocycles. The highest BCUT2D eigenvalue weighted by Gasteiger charge is 2.22. The van der Waals surface area contributed by atoms with Gasteiger partial charge in [0.05, 0.1) is 6.04 Å². The van der Waals surface area contributed by atoms with Crippen molar-refractivity contribution in [1.29, 1.82) is 0 Å². The molecule has 82 valence electrons. The number of amides is 1. The molecular weight excluding hydrogens is 226 g/mol. The number of nitrogens with one attached hydrogen (secondary N) is 1. The maximum Gasteiger partial charge on any atom is 0.221 e. The van der Waals surface area contributed by atoms with Crippen LogP contribution < -0.4 is 5.32 Å². The highest BCUT2D eigenvalue weighted by Crippen LogP contribution is 2.33. The standard InChI is InChI=1S/C11H15NOS2/c13-11(4-6-14)12-9-2-1-3-10-8(9)5-7-15-10/h5,7,9,14H,1-4,6H2,(H,12,13). The summed E-state index contributed by atoms with van der Waals surface area (Å²) in [7, 11) is 0. The molecule has 4 heteroatoms. The molecule has 1 unspecified atom stereocenters. The van der Waals surface area contributed by atoms with Gasteiger partial charge in [-0.05, 0) is 42.0 Å². The lowest BCUT2D eigenvalue weighted by Crippen LogP contribution is -2.30. The van der Waals surface area contributed by atoms with Gasteiger partial charge in [-0.15, -0.1) is 11.3 Å². The molecule has 1 aromatic rings. The minimum Gasteiger partial charge on any atom is -0.349 e. The SMILES string of the molecule is O=C(CCS)NC1CCCc2sccc21. The Bertz CT molecular complexity index is 348. The van der Waals surface area contributed by atoms with Crippen molar-refractivity contribution in [3.05, 3.63) is 21.9 Å². The zero-order valence-corrected chi connectivity index (χ0v) is 10.2. The van der Waals surface area contributed by atoms with Crippen LogP contribution >= 0.6 is 24.0 Å². The van der Waals surface area contributed by atoms with Crippen LogP contribution in [-0.4, -0.2) is 11.7 Å². The van der Waals surface area contributed by atoms with Gasteiger partial charge in [0, 0.05) is 11.3 Å². The Labute approximate surface area is 99.5 Å². The molecular formula is C11H15NOS2. The molecule has 0 radical (unpaired) electrons. The number of rotatable bonds is 3. The van der Waals surface area contributed by atoms with E-state index in [9.17, 15) is 4.79 Å². The van der Waals surface area contributed by atoms with E-state index in [1.54, 1.807) is 11.3 Å². The van der Waals surface area contributed by atoms with Gasteiger partial charge < -0.3 is 5.32 Å². The first-order valence-corrected chi connectivity index (χ1v) is 6.79. The van der Waals surface area contributed by atoms with Crippen LogP contribution in [0.4, 0.5) is 0 Å². The maximum atomic E-state index is 11.5. The van der Waals surface area contributed by atoms with Gasteiger partial charge in [0.2, 0.25) is 5.91 Å². The van der Waals surface area contributed by atoms with Gasteiger partial charge in [-0.3, -0.25) is 4.79 Å². The van der Waals surface area contributed by atoms with Crippen LogP contribution in [0.15, 0.2) is 11.4 Å². The van der Waals surface area contributed by atoms with Crippen LogP contribution in [0.3, 0.4) is 0 Å². The van der Waals surface area contributed by atoms with Crippen LogP contribution in [0.25, 0.3) is 0 Å². The summed E-state index contributed by atoms with van der Waals surface area (Å²) in [5.41, 5.74) is 1.33. The highest BCUT2D eigenvalue weighted by molar-refractivity contribution is 7.80. The van der Waals surface area contributed by atoms with E-state index in [1.807, 2.05) is 0 Å². The molecule has 0 spiro atoms. The molecule has 0 saturated heterocycles.